The van der Waals surface area contributed by atoms with Gasteiger partial charge in [0.25, 0.3) is 0 Å². The van der Waals surface area contributed by atoms with Crippen LogP contribution in [0.25, 0.3) is 0 Å². The lowest BCUT2D eigenvalue weighted by atomic mass is 9.84. The molecule has 3 atom stereocenters. The summed E-state index contributed by atoms with van der Waals surface area (Å²) < 4.78 is 0. The molecule has 15 heavy (non-hydrogen) atoms. The highest BCUT2D eigenvalue weighted by atomic mass is 15.2. The Bertz CT molecular complexity index is 233. The van der Waals surface area contributed by atoms with Gasteiger partial charge in [-0.3, -0.25) is 4.90 Å². The summed E-state index contributed by atoms with van der Waals surface area (Å²) in [7, 11) is 0. The highest BCUT2D eigenvalue weighted by Gasteiger charge is 2.40. The maximum Gasteiger partial charge on any atom is 0.0166 e. The molecular weight excluding hydrogens is 182 g/mol. The van der Waals surface area contributed by atoms with Crippen molar-refractivity contribution in [2.24, 2.45) is 5.92 Å². The topological polar surface area (TPSA) is 3.24 Å². The molecule has 0 radical (unpaired) electrons. The second kappa shape index (κ2) is 4.98. The summed E-state index contributed by atoms with van der Waals surface area (Å²) in [5, 5.41) is 0. The van der Waals surface area contributed by atoms with Crippen LogP contribution >= 0.6 is 0 Å². The van der Waals surface area contributed by atoms with E-state index in [-0.39, 0.29) is 0 Å². The van der Waals surface area contributed by atoms with Gasteiger partial charge >= 0.3 is 0 Å². The number of rotatable bonds is 4. The van der Waals surface area contributed by atoms with Crippen LogP contribution in [-0.4, -0.2) is 23.5 Å². The Morgan fingerprint density at radius 3 is 2.67 bits per heavy atom. The van der Waals surface area contributed by atoms with Gasteiger partial charge in [0.1, 0.15) is 0 Å². The van der Waals surface area contributed by atoms with Crippen LogP contribution in [0.2, 0.25) is 0 Å². The van der Waals surface area contributed by atoms with Crippen LogP contribution in [0.1, 0.15) is 38.5 Å². The van der Waals surface area contributed by atoms with Gasteiger partial charge in [-0.25, -0.2) is 0 Å². The van der Waals surface area contributed by atoms with Gasteiger partial charge < -0.3 is 0 Å². The first-order valence-electron chi connectivity index (χ1n) is 6.34. The third-order valence-electron chi connectivity index (χ3n) is 4.12. The number of likely N-dealkylation sites (tertiary alicyclic amines) is 1. The van der Waals surface area contributed by atoms with E-state index in [0.29, 0.717) is 0 Å². The molecule has 1 heterocycles. The molecule has 0 spiro atoms. The Labute approximate surface area is 93.9 Å². The first-order chi connectivity index (χ1) is 7.36. The first kappa shape index (κ1) is 10.9. The fourth-order valence-corrected chi connectivity index (χ4v) is 3.51. The lowest BCUT2D eigenvalue weighted by Gasteiger charge is -2.33. The number of fused-ring (bicyclic) bond motifs is 1. The highest BCUT2D eigenvalue weighted by Crippen LogP contribution is 2.40. The van der Waals surface area contributed by atoms with Gasteiger partial charge in [0.2, 0.25) is 0 Å². The van der Waals surface area contributed by atoms with E-state index in [0.717, 1.165) is 31.0 Å². The summed E-state index contributed by atoms with van der Waals surface area (Å²) in [6.45, 7) is 8.84. The van der Waals surface area contributed by atoms with Crippen LogP contribution in [-0.2, 0) is 0 Å². The summed E-state index contributed by atoms with van der Waals surface area (Å²) in [6, 6.07) is 1.59. The number of nitrogens with zero attached hydrogens (tertiary/aromatic N) is 1. The molecule has 0 N–H and O–H groups in total. The third-order valence-corrected chi connectivity index (χ3v) is 4.12. The fourth-order valence-electron chi connectivity index (χ4n) is 3.51. The summed E-state index contributed by atoms with van der Waals surface area (Å²) in [5.41, 5.74) is 0. The van der Waals surface area contributed by atoms with Crippen LogP contribution in [0, 0.1) is 5.92 Å². The molecule has 2 aliphatic rings. The zero-order chi connectivity index (χ0) is 10.7. The van der Waals surface area contributed by atoms with E-state index in [1.165, 1.54) is 32.1 Å². The summed E-state index contributed by atoms with van der Waals surface area (Å²) in [4.78, 5) is 2.68. The molecule has 1 nitrogen and oxygen atoms in total. The van der Waals surface area contributed by atoms with Crippen molar-refractivity contribution in [2.45, 2.75) is 50.6 Å². The Morgan fingerprint density at radius 1 is 1.13 bits per heavy atom. The standard InChI is InChI=1S/C14H23N/c1-3-7-13-11-12-8-5-6-9-14(12)15(13)10-4-2/h3-4,12-14H,1-2,5-11H2. The molecule has 0 aromatic carbocycles. The fraction of sp³-hybridized carbons (Fsp3) is 0.714. The second-order valence-corrected chi connectivity index (χ2v) is 5.01. The molecule has 0 aromatic rings. The molecule has 1 saturated carbocycles. The van der Waals surface area contributed by atoms with Crippen LogP contribution in [0.5, 0.6) is 0 Å². The minimum absolute atomic E-state index is 0.744. The molecule has 1 heteroatoms. The maximum absolute atomic E-state index is 3.89. The average molecular weight is 205 g/mol. The van der Waals surface area contributed by atoms with Crippen molar-refractivity contribution in [3.63, 3.8) is 0 Å². The molecule has 1 aliphatic carbocycles. The van der Waals surface area contributed by atoms with Gasteiger partial charge in [-0.1, -0.05) is 25.0 Å². The molecule has 1 aliphatic heterocycles. The van der Waals surface area contributed by atoms with Gasteiger partial charge in [0.15, 0.2) is 0 Å². The van der Waals surface area contributed by atoms with Crippen LogP contribution < -0.4 is 0 Å². The summed E-state index contributed by atoms with van der Waals surface area (Å²) in [6.07, 6.45) is 12.4. The van der Waals surface area contributed by atoms with Crippen LogP contribution in [0.4, 0.5) is 0 Å². The molecular formula is C14H23N. The first-order valence-corrected chi connectivity index (χ1v) is 6.34. The van der Waals surface area contributed by atoms with Crippen molar-refractivity contribution in [1.82, 2.24) is 4.90 Å². The number of hydrogen-bond acceptors (Lipinski definition) is 1. The Morgan fingerprint density at radius 2 is 1.93 bits per heavy atom. The van der Waals surface area contributed by atoms with Crippen molar-refractivity contribution in [2.75, 3.05) is 6.54 Å². The average Bonchev–Trinajstić information content (AvgIpc) is 2.59. The van der Waals surface area contributed by atoms with Crippen LogP contribution in [0.3, 0.4) is 0 Å². The quantitative estimate of drug-likeness (QED) is 0.636. The highest BCUT2D eigenvalue weighted by molar-refractivity contribution is 4.99. The van der Waals surface area contributed by atoms with Gasteiger partial charge in [-0.2, -0.15) is 0 Å². The summed E-state index contributed by atoms with van der Waals surface area (Å²) >= 11 is 0. The van der Waals surface area contributed by atoms with Crippen molar-refractivity contribution in [1.29, 1.82) is 0 Å². The molecule has 3 unspecified atom stereocenters. The van der Waals surface area contributed by atoms with E-state index in [9.17, 15) is 0 Å². The van der Waals surface area contributed by atoms with Crippen molar-refractivity contribution >= 4 is 0 Å². The van der Waals surface area contributed by atoms with E-state index < -0.39 is 0 Å². The van der Waals surface area contributed by atoms with E-state index in [1.54, 1.807) is 0 Å². The lowest BCUT2D eigenvalue weighted by Crippen LogP contribution is -2.38. The van der Waals surface area contributed by atoms with Crippen molar-refractivity contribution in [3.05, 3.63) is 25.3 Å². The summed E-state index contributed by atoms with van der Waals surface area (Å²) in [5.74, 6) is 0.962. The second-order valence-electron chi connectivity index (χ2n) is 5.01. The Kier molecular flexibility index (Phi) is 3.63. The van der Waals surface area contributed by atoms with E-state index in [2.05, 4.69) is 30.2 Å². The number of hydrogen-bond donors (Lipinski definition) is 0. The molecule has 84 valence electrons. The van der Waals surface area contributed by atoms with Gasteiger partial charge in [-0.05, 0) is 31.6 Å². The maximum atomic E-state index is 3.89. The van der Waals surface area contributed by atoms with Crippen molar-refractivity contribution < 1.29 is 0 Å². The predicted molar refractivity (Wildman–Crippen MR) is 65.9 cm³/mol. The van der Waals surface area contributed by atoms with E-state index in [1.807, 2.05) is 0 Å². The third kappa shape index (κ3) is 2.17. The lowest BCUT2D eigenvalue weighted by molar-refractivity contribution is 0.168. The molecule has 2 fully saturated rings. The zero-order valence-corrected chi connectivity index (χ0v) is 9.70. The minimum atomic E-state index is 0.744. The van der Waals surface area contributed by atoms with E-state index in [4.69, 9.17) is 0 Å². The van der Waals surface area contributed by atoms with Gasteiger partial charge in [-0.15, -0.1) is 13.2 Å². The zero-order valence-electron chi connectivity index (χ0n) is 9.70. The van der Waals surface area contributed by atoms with Crippen molar-refractivity contribution in [3.8, 4) is 0 Å². The Hall–Kier alpha value is -0.560. The predicted octanol–water partition coefficient (Wildman–Crippen LogP) is 3.38. The minimum Gasteiger partial charge on any atom is -0.293 e. The van der Waals surface area contributed by atoms with E-state index >= 15 is 0 Å². The molecule has 0 bridgehead atoms. The monoisotopic (exact) mass is 205 g/mol. The molecule has 0 aromatic heterocycles. The van der Waals surface area contributed by atoms with Gasteiger partial charge in [0, 0.05) is 18.6 Å². The normalized spacial score (nSPS) is 36.1. The SMILES string of the molecule is C=CCC1CC2CCCCC2N1CC=C. The Balaban J connectivity index is 2.05. The van der Waals surface area contributed by atoms with Gasteiger partial charge in [0.05, 0.1) is 0 Å². The molecule has 0 amide bonds. The largest absolute Gasteiger partial charge is 0.293 e. The smallest absolute Gasteiger partial charge is 0.0166 e. The van der Waals surface area contributed by atoms with Crippen LogP contribution in [0.15, 0.2) is 25.3 Å². The molecule has 1 saturated heterocycles. The molecule has 2 rings (SSSR count).